The average molecular weight is 185 g/mol. The van der Waals surface area contributed by atoms with Crippen LogP contribution in [0.5, 0.6) is 0 Å². The molecule has 1 aliphatic rings. The Morgan fingerprint density at radius 1 is 1.33 bits per heavy atom. The third-order valence-corrected chi connectivity index (χ3v) is 3.26. The standard InChI is InChI=1S/C5H6.Sn/c1-3-5-4-2;/h1,3-5H,2H2;. The first-order valence-electron chi connectivity index (χ1n) is 2.05. The normalized spacial score (nSPS) is 18.7. The van der Waals surface area contributed by atoms with Crippen LogP contribution in [-0.2, 0) is 0 Å². The predicted octanol–water partition coefficient (Wildman–Crippen LogP) is 1.19. The molecule has 0 amide bonds. The molecular weight excluding hydrogens is 179 g/mol. The molecule has 0 aromatic heterocycles. The number of hydrogen-bond donors (Lipinski definition) is 0. The SMILES string of the molecule is C1=C[CH2][Sn][CH]=C1. The van der Waals surface area contributed by atoms with Gasteiger partial charge in [0.2, 0.25) is 0 Å². The van der Waals surface area contributed by atoms with Gasteiger partial charge in [0.1, 0.15) is 0 Å². The van der Waals surface area contributed by atoms with E-state index >= 15 is 0 Å². The molecule has 1 heteroatoms. The molecule has 0 N–H and O–H groups in total. The van der Waals surface area contributed by atoms with Crippen LogP contribution in [0.25, 0.3) is 0 Å². The van der Waals surface area contributed by atoms with Crippen molar-refractivity contribution >= 4 is 21.1 Å². The molecule has 0 saturated carbocycles. The average Bonchev–Trinajstić information content (AvgIpc) is 1.72. The third-order valence-electron chi connectivity index (χ3n) is 0.697. The van der Waals surface area contributed by atoms with Gasteiger partial charge in [-0.05, 0) is 0 Å². The van der Waals surface area contributed by atoms with Gasteiger partial charge in [-0.25, -0.2) is 0 Å². The maximum absolute atomic E-state index is 2.35. The van der Waals surface area contributed by atoms with Crippen molar-refractivity contribution in [2.75, 3.05) is 0 Å². The first-order chi connectivity index (χ1) is 3.00. The Morgan fingerprint density at radius 3 is 2.50 bits per heavy atom. The summed E-state index contributed by atoms with van der Waals surface area (Å²) in [6.45, 7) is 0. The number of allylic oxidation sites excluding steroid dienone is 3. The van der Waals surface area contributed by atoms with Crippen molar-refractivity contribution in [3.05, 3.63) is 22.3 Å². The van der Waals surface area contributed by atoms with E-state index in [2.05, 4.69) is 22.3 Å². The molecule has 0 fully saturated rings. The number of rotatable bonds is 0. The van der Waals surface area contributed by atoms with Gasteiger partial charge in [-0.2, -0.15) is 0 Å². The van der Waals surface area contributed by atoms with Gasteiger partial charge in [0.25, 0.3) is 0 Å². The first kappa shape index (κ1) is 4.44. The Labute approximate surface area is 48.2 Å². The molecule has 1 rings (SSSR count). The minimum atomic E-state index is 0.0190. The van der Waals surface area contributed by atoms with Crippen molar-refractivity contribution in [1.29, 1.82) is 0 Å². The molecule has 0 spiro atoms. The molecule has 6 heavy (non-hydrogen) atoms. The van der Waals surface area contributed by atoms with E-state index in [4.69, 9.17) is 0 Å². The van der Waals surface area contributed by atoms with Crippen molar-refractivity contribution in [2.45, 2.75) is 4.44 Å². The van der Waals surface area contributed by atoms with Crippen molar-refractivity contribution in [2.24, 2.45) is 0 Å². The van der Waals surface area contributed by atoms with E-state index in [9.17, 15) is 0 Å². The Kier molecular flexibility index (Phi) is 1.81. The second-order valence-corrected chi connectivity index (χ2v) is 4.48. The van der Waals surface area contributed by atoms with Gasteiger partial charge in [0, 0.05) is 0 Å². The summed E-state index contributed by atoms with van der Waals surface area (Å²) in [5.41, 5.74) is 0. The molecule has 0 bridgehead atoms. The van der Waals surface area contributed by atoms with Crippen molar-refractivity contribution < 1.29 is 0 Å². The van der Waals surface area contributed by atoms with Crippen molar-refractivity contribution in [3.8, 4) is 0 Å². The summed E-state index contributed by atoms with van der Waals surface area (Å²) < 4.78 is 3.75. The maximum atomic E-state index is 2.35. The van der Waals surface area contributed by atoms with Crippen LogP contribution in [0.4, 0.5) is 0 Å². The van der Waals surface area contributed by atoms with Gasteiger partial charge in [-0.15, -0.1) is 0 Å². The molecule has 30 valence electrons. The monoisotopic (exact) mass is 186 g/mol. The Bertz CT molecular complexity index is 69.9. The van der Waals surface area contributed by atoms with Gasteiger partial charge in [0.05, 0.1) is 0 Å². The summed E-state index contributed by atoms with van der Waals surface area (Å²) in [7, 11) is 0. The van der Waals surface area contributed by atoms with E-state index in [0.717, 1.165) is 0 Å². The molecule has 0 unspecified atom stereocenters. The van der Waals surface area contributed by atoms with Gasteiger partial charge in [0.15, 0.2) is 0 Å². The Balaban J connectivity index is 2.46. The van der Waals surface area contributed by atoms with E-state index in [-0.39, 0.29) is 21.1 Å². The Hall–Kier alpha value is 0.279. The fourth-order valence-electron chi connectivity index (χ4n) is 0.406. The summed E-state index contributed by atoms with van der Waals surface area (Å²) in [4.78, 5) is 0. The third kappa shape index (κ3) is 1.17. The molecule has 1 aliphatic heterocycles. The molecule has 0 nitrogen and oxygen atoms in total. The molecule has 0 aromatic rings. The van der Waals surface area contributed by atoms with Crippen LogP contribution in [0.1, 0.15) is 0 Å². The zero-order valence-electron chi connectivity index (χ0n) is 3.52. The molecule has 2 radical (unpaired) electrons. The van der Waals surface area contributed by atoms with Gasteiger partial charge < -0.3 is 0 Å². The van der Waals surface area contributed by atoms with Gasteiger partial charge >= 0.3 is 47.9 Å². The van der Waals surface area contributed by atoms with E-state index in [1.807, 2.05) is 0 Å². The van der Waals surface area contributed by atoms with E-state index < -0.39 is 0 Å². The summed E-state index contributed by atoms with van der Waals surface area (Å²) in [6, 6.07) is 0. The van der Waals surface area contributed by atoms with Gasteiger partial charge in [-0.3, -0.25) is 0 Å². The summed E-state index contributed by atoms with van der Waals surface area (Å²) in [5, 5.41) is 0. The number of hydrogen-bond acceptors (Lipinski definition) is 0. The first-order valence-corrected chi connectivity index (χ1v) is 5.72. The van der Waals surface area contributed by atoms with Crippen LogP contribution >= 0.6 is 0 Å². The molecule has 1 heterocycles. The molecule has 0 aromatic carbocycles. The summed E-state index contributed by atoms with van der Waals surface area (Å²) in [6.07, 6.45) is 6.55. The van der Waals surface area contributed by atoms with Crippen molar-refractivity contribution in [3.63, 3.8) is 0 Å². The minimum absolute atomic E-state index is 0.0190. The van der Waals surface area contributed by atoms with Crippen molar-refractivity contribution in [1.82, 2.24) is 0 Å². The Morgan fingerprint density at radius 2 is 2.33 bits per heavy atom. The second kappa shape index (κ2) is 2.45. The van der Waals surface area contributed by atoms with E-state index in [1.165, 1.54) is 4.44 Å². The van der Waals surface area contributed by atoms with Crippen LogP contribution in [0, 0.1) is 0 Å². The molecular formula is C5H6Sn. The summed E-state index contributed by atoms with van der Waals surface area (Å²) >= 11 is 0.0190. The topological polar surface area (TPSA) is 0 Å². The fourth-order valence-corrected chi connectivity index (χ4v) is 2.28. The van der Waals surface area contributed by atoms with Crippen LogP contribution < -0.4 is 0 Å². The van der Waals surface area contributed by atoms with E-state index in [1.54, 1.807) is 0 Å². The van der Waals surface area contributed by atoms with Crippen LogP contribution in [-0.4, -0.2) is 21.1 Å². The van der Waals surface area contributed by atoms with Crippen LogP contribution in [0.15, 0.2) is 22.3 Å². The van der Waals surface area contributed by atoms with E-state index in [0.29, 0.717) is 0 Å². The second-order valence-electron chi connectivity index (χ2n) is 1.20. The van der Waals surface area contributed by atoms with Crippen LogP contribution in [0.3, 0.4) is 0 Å². The van der Waals surface area contributed by atoms with Gasteiger partial charge in [-0.1, -0.05) is 0 Å². The zero-order chi connectivity index (χ0) is 4.24. The summed E-state index contributed by atoms with van der Waals surface area (Å²) in [5.74, 6) is 0. The predicted molar refractivity (Wildman–Crippen MR) is 28.8 cm³/mol. The quantitative estimate of drug-likeness (QED) is 0.497. The molecule has 0 saturated heterocycles. The van der Waals surface area contributed by atoms with Crippen LogP contribution in [0.2, 0.25) is 4.44 Å². The zero-order valence-corrected chi connectivity index (χ0v) is 6.37. The molecule has 0 aliphatic carbocycles. The molecule has 0 atom stereocenters. The fraction of sp³-hybridized carbons (Fsp3) is 0.200.